The van der Waals surface area contributed by atoms with Gasteiger partial charge in [-0.25, -0.2) is 9.97 Å². The molecule has 9 heteroatoms. The van der Waals surface area contributed by atoms with Gasteiger partial charge in [-0.05, 0) is 63.6 Å². The molecule has 1 N–H and O–H groups in total. The van der Waals surface area contributed by atoms with Crippen LogP contribution in [0.15, 0.2) is 64.9 Å². The first kappa shape index (κ1) is 24.0. The van der Waals surface area contributed by atoms with Crippen LogP contribution in [0.1, 0.15) is 28.3 Å². The molecule has 0 saturated carbocycles. The van der Waals surface area contributed by atoms with Crippen molar-refractivity contribution >= 4 is 35.1 Å². The van der Waals surface area contributed by atoms with E-state index in [1.54, 1.807) is 0 Å². The minimum absolute atomic E-state index is 0.0892. The number of rotatable bonds is 8. The Hall–Kier alpha value is -3.17. The van der Waals surface area contributed by atoms with Gasteiger partial charge in [0.15, 0.2) is 10.3 Å². The maximum absolute atomic E-state index is 12.6. The first-order chi connectivity index (χ1) is 16.4. The fourth-order valence-corrected chi connectivity index (χ4v) is 5.01. The monoisotopic (exact) mass is 490 g/mol. The highest BCUT2D eigenvalue weighted by molar-refractivity contribution is 7.99. The summed E-state index contributed by atoms with van der Waals surface area (Å²) in [4.78, 5) is 21.6. The van der Waals surface area contributed by atoms with Crippen molar-refractivity contribution in [3.8, 4) is 5.69 Å². The van der Waals surface area contributed by atoms with Gasteiger partial charge in [0, 0.05) is 22.8 Å². The smallest absolute Gasteiger partial charge is 0.234 e. The highest BCUT2D eigenvalue weighted by Crippen LogP contribution is 2.27. The van der Waals surface area contributed by atoms with E-state index in [0.29, 0.717) is 16.1 Å². The summed E-state index contributed by atoms with van der Waals surface area (Å²) in [6.07, 6.45) is 0. The third kappa shape index (κ3) is 6.24. The second-order valence-electron chi connectivity index (χ2n) is 8.00. The predicted molar refractivity (Wildman–Crippen MR) is 138 cm³/mol. The quantitative estimate of drug-likeness (QED) is 0.264. The van der Waals surface area contributed by atoms with Gasteiger partial charge in [0.2, 0.25) is 5.91 Å². The molecule has 174 valence electrons. The molecular formula is C25H26N6OS2. The highest BCUT2D eigenvalue weighted by atomic mass is 32.2. The Morgan fingerprint density at radius 2 is 1.62 bits per heavy atom. The van der Waals surface area contributed by atoms with Crippen molar-refractivity contribution in [2.75, 3.05) is 11.1 Å². The second-order valence-corrected chi connectivity index (χ2v) is 9.88. The Balaban J connectivity index is 1.52. The molecule has 0 aliphatic rings. The molecule has 4 aromatic rings. The molecule has 1 amide bonds. The van der Waals surface area contributed by atoms with E-state index in [9.17, 15) is 4.79 Å². The summed E-state index contributed by atoms with van der Waals surface area (Å²) >= 11 is 2.88. The Bertz CT molecular complexity index is 1280. The number of carbonyl (C=O) groups excluding carboxylic acids is 1. The maximum atomic E-state index is 12.6. The molecule has 0 spiro atoms. The van der Waals surface area contributed by atoms with E-state index in [0.717, 1.165) is 34.2 Å². The van der Waals surface area contributed by atoms with Gasteiger partial charge in [0.25, 0.3) is 0 Å². The topological polar surface area (TPSA) is 85.6 Å². The molecule has 0 fully saturated rings. The van der Waals surface area contributed by atoms with E-state index < -0.39 is 0 Å². The highest BCUT2D eigenvalue weighted by Gasteiger charge is 2.17. The van der Waals surface area contributed by atoms with Crippen LogP contribution < -0.4 is 5.32 Å². The number of hydrogen-bond donors (Lipinski definition) is 1. The largest absolute Gasteiger partial charge is 0.325 e. The number of hydrogen-bond acceptors (Lipinski definition) is 7. The van der Waals surface area contributed by atoms with E-state index in [1.165, 1.54) is 29.1 Å². The van der Waals surface area contributed by atoms with Gasteiger partial charge in [-0.2, -0.15) is 0 Å². The standard InChI is InChI=1S/C25H26N6OS2/c1-16-8-10-21(11-9-16)31-22(14-33-24-26-18(3)13-19(4)27-24)29-30-25(31)34-15-23(32)28-20-7-5-6-17(2)12-20/h5-13H,14-15H2,1-4H3,(H,28,32). The average Bonchev–Trinajstić information content (AvgIpc) is 3.19. The number of aromatic nitrogens is 5. The fourth-order valence-electron chi connectivity index (χ4n) is 3.38. The third-order valence-electron chi connectivity index (χ3n) is 4.92. The van der Waals surface area contributed by atoms with Crippen molar-refractivity contribution in [3.63, 3.8) is 0 Å². The first-order valence-electron chi connectivity index (χ1n) is 10.8. The zero-order valence-corrected chi connectivity index (χ0v) is 21.2. The lowest BCUT2D eigenvalue weighted by Gasteiger charge is -2.11. The molecule has 0 saturated heterocycles. The number of carbonyl (C=O) groups is 1. The lowest BCUT2D eigenvalue weighted by atomic mass is 10.2. The molecule has 0 aliphatic heterocycles. The molecule has 0 radical (unpaired) electrons. The molecule has 2 aromatic heterocycles. The first-order valence-corrected chi connectivity index (χ1v) is 12.8. The Morgan fingerprint density at radius 1 is 0.882 bits per heavy atom. The van der Waals surface area contributed by atoms with Crippen LogP contribution in [0.5, 0.6) is 0 Å². The van der Waals surface area contributed by atoms with Crippen LogP contribution in [0.2, 0.25) is 0 Å². The van der Waals surface area contributed by atoms with Crippen LogP contribution in [-0.2, 0) is 10.5 Å². The number of thioether (sulfide) groups is 2. The van der Waals surface area contributed by atoms with Gasteiger partial charge in [-0.3, -0.25) is 9.36 Å². The molecule has 34 heavy (non-hydrogen) atoms. The number of aryl methyl sites for hydroxylation is 4. The minimum Gasteiger partial charge on any atom is -0.325 e. The van der Waals surface area contributed by atoms with Gasteiger partial charge in [0.05, 0.1) is 11.5 Å². The molecule has 0 bridgehead atoms. The van der Waals surface area contributed by atoms with Crippen molar-refractivity contribution in [2.24, 2.45) is 0 Å². The molecular weight excluding hydrogens is 464 g/mol. The molecule has 0 aliphatic carbocycles. The molecule has 0 unspecified atom stereocenters. The maximum Gasteiger partial charge on any atom is 0.234 e. The van der Waals surface area contributed by atoms with E-state index in [4.69, 9.17) is 0 Å². The second kappa shape index (κ2) is 10.8. The van der Waals surface area contributed by atoms with Gasteiger partial charge < -0.3 is 5.32 Å². The Morgan fingerprint density at radius 3 is 2.32 bits per heavy atom. The molecule has 2 aromatic carbocycles. The van der Waals surface area contributed by atoms with Crippen molar-refractivity contribution in [3.05, 3.63) is 82.9 Å². The Labute approximate surface area is 207 Å². The zero-order chi connectivity index (χ0) is 24.1. The van der Waals surface area contributed by atoms with Crippen LogP contribution in [-0.4, -0.2) is 36.4 Å². The number of nitrogens with one attached hydrogen (secondary N) is 1. The number of anilines is 1. The summed E-state index contributed by atoms with van der Waals surface area (Å²) in [5.74, 6) is 1.47. The molecule has 0 atom stereocenters. The van der Waals surface area contributed by atoms with Crippen molar-refractivity contribution < 1.29 is 4.79 Å². The third-order valence-corrected chi connectivity index (χ3v) is 6.69. The van der Waals surface area contributed by atoms with Crippen LogP contribution >= 0.6 is 23.5 Å². The van der Waals surface area contributed by atoms with Crippen LogP contribution in [0.25, 0.3) is 5.69 Å². The van der Waals surface area contributed by atoms with E-state index >= 15 is 0 Å². The van der Waals surface area contributed by atoms with Gasteiger partial charge >= 0.3 is 0 Å². The summed E-state index contributed by atoms with van der Waals surface area (Å²) in [6, 6.07) is 17.9. The lowest BCUT2D eigenvalue weighted by Crippen LogP contribution is -2.14. The van der Waals surface area contributed by atoms with Gasteiger partial charge in [-0.1, -0.05) is 53.4 Å². The lowest BCUT2D eigenvalue weighted by molar-refractivity contribution is -0.113. The molecule has 4 rings (SSSR count). The minimum atomic E-state index is -0.0892. The predicted octanol–water partition coefficient (Wildman–Crippen LogP) is 5.31. The van der Waals surface area contributed by atoms with Crippen LogP contribution in [0, 0.1) is 27.7 Å². The summed E-state index contributed by atoms with van der Waals surface area (Å²) in [5.41, 5.74) is 5.88. The number of amides is 1. The normalized spacial score (nSPS) is 10.9. The van der Waals surface area contributed by atoms with Crippen LogP contribution in [0.4, 0.5) is 5.69 Å². The summed E-state index contributed by atoms with van der Waals surface area (Å²) in [7, 11) is 0. The fraction of sp³-hybridized carbons (Fsp3) is 0.240. The Kier molecular flexibility index (Phi) is 7.64. The summed E-state index contributed by atoms with van der Waals surface area (Å²) in [5, 5.41) is 13.2. The number of nitrogens with zero attached hydrogens (tertiary/aromatic N) is 5. The van der Waals surface area contributed by atoms with Gasteiger partial charge in [-0.15, -0.1) is 10.2 Å². The number of benzene rings is 2. The summed E-state index contributed by atoms with van der Waals surface area (Å²) < 4.78 is 2.00. The van der Waals surface area contributed by atoms with Crippen molar-refractivity contribution in [1.82, 2.24) is 24.7 Å². The summed E-state index contributed by atoms with van der Waals surface area (Å²) in [6.45, 7) is 7.97. The van der Waals surface area contributed by atoms with Gasteiger partial charge in [0.1, 0.15) is 5.82 Å². The van der Waals surface area contributed by atoms with Crippen molar-refractivity contribution in [2.45, 2.75) is 43.8 Å². The average molecular weight is 491 g/mol. The molecule has 2 heterocycles. The van der Waals surface area contributed by atoms with E-state index in [-0.39, 0.29) is 11.7 Å². The van der Waals surface area contributed by atoms with E-state index in [1.807, 2.05) is 67.8 Å². The zero-order valence-electron chi connectivity index (χ0n) is 19.6. The SMILES string of the molecule is Cc1ccc(-n2c(CSc3nc(C)cc(C)n3)nnc2SCC(=O)Nc2cccc(C)c2)cc1. The van der Waals surface area contributed by atoms with Crippen molar-refractivity contribution in [1.29, 1.82) is 0 Å². The van der Waals surface area contributed by atoms with E-state index in [2.05, 4.69) is 44.5 Å². The molecule has 7 nitrogen and oxygen atoms in total. The van der Waals surface area contributed by atoms with Crippen LogP contribution in [0.3, 0.4) is 0 Å².